The molecule has 0 fully saturated rings. The fraction of sp³-hybridized carbons (Fsp3) is 0.158. The molecule has 0 aliphatic carbocycles. The first kappa shape index (κ1) is 16.7. The quantitative estimate of drug-likeness (QED) is 0.507. The molecule has 0 unspecified atom stereocenters. The molecule has 3 rings (SSSR count). The number of fused-ring (bicyclic) bond motifs is 1. The van der Waals surface area contributed by atoms with Crippen molar-refractivity contribution in [3.8, 4) is 5.75 Å². The van der Waals surface area contributed by atoms with Crippen molar-refractivity contribution in [3.63, 3.8) is 0 Å². The highest BCUT2D eigenvalue weighted by molar-refractivity contribution is 5.82. The van der Waals surface area contributed by atoms with E-state index in [1.807, 2.05) is 30.3 Å². The van der Waals surface area contributed by atoms with Crippen LogP contribution in [0.3, 0.4) is 0 Å². The summed E-state index contributed by atoms with van der Waals surface area (Å²) < 4.78 is 7.19. The third kappa shape index (κ3) is 3.52. The van der Waals surface area contributed by atoms with Gasteiger partial charge in [0.1, 0.15) is 6.61 Å². The van der Waals surface area contributed by atoms with Crippen molar-refractivity contribution in [3.05, 3.63) is 87.6 Å². The summed E-state index contributed by atoms with van der Waals surface area (Å²) in [6, 6.07) is 15.6. The van der Waals surface area contributed by atoms with E-state index in [1.54, 1.807) is 12.1 Å². The fourth-order valence-electron chi connectivity index (χ4n) is 2.67. The number of nitrogens with zero attached hydrogens (tertiary/aromatic N) is 2. The number of hydrogen-bond acceptors (Lipinski definition) is 4. The monoisotopic (exact) mass is 337 g/mol. The molecule has 2 aromatic carbocycles. The Morgan fingerprint density at radius 1 is 1.12 bits per heavy atom. The fourth-order valence-corrected chi connectivity index (χ4v) is 2.67. The van der Waals surface area contributed by atoms with Gasteiger partial charge in [-0.2, -0.15) is 0 Å². The highest BCUT2D eigenvalue weighted by Crippen LogP contribution is 2.23. The van der Waals surface area contributed by atoms with Gasteiger partial charge in [-0.1, -0.05) is 37.3 Å². The van der Waals surface area contributed by atoms with Gasteiger partial charge in [-0.25, -0.2) is 0 Å². The van der Waals surface area contributed by atoms with E-state index in [-0.39, 0.29) is 23.6 Å². The Bertz CT molecular complexity index is 964. The van der Waals surface area contributed by atoms with Gasteiger partial charge in [0, 0.05) is 24.1 Å². The smallest absolute Gasteiger partial charge is 0.293 e. The molecule has 1 radical (unpaired) electrons. The molecule has 0 saturated heterocycles. The molecule has 1 aromatic heterocycles. The molecule has 25 heavy (non-hydrogen) atoms. The lowest BCUT2D eigenvalue weighted by atomic mass is 10.2. The van der Waals surface area contributed by atoms with Gasteiger partial charge in [-0.05, 0) is 24.1 Å². The molecule has 0 atom stereocenters. The number of aromatic nitrogens is 1. The summed E-state index contributed by atoms with van der Waals surface area (Å²) in [6.45, 7) is 4.41. The van der Waals surface area contributed by atoms with Crippen LogP contribution < -0.4 is 10.3 Å². The first-order valence-corrected chi connectivity index (χ1v) is 7.88. The summed E-state index contributed by atoms with van der Waals surface area (Å²) in [4.78, 5) is 23.2. The zero-order valence-electron chi connectivity index (χ0n) is 13.6. The summed E-state index contributed by atoms with van der Waals surface area (Å²) in [5.41, 5.74) is 1.10. The standard InChI is InChI=1S/C19H17N2O4/c1-2-10-20-17-12-16(21(23)24)9-8-15(17)11-18(19(20)22)25-13-14-6-4-3-5-7-14/h3-9,11-12H,1-2,10,13H2. The van der Waals surface area contributed by atoms with Crippen LogP contribution in [0.25, 0.3) is 10.9 Å². The molecule has 0 aliphatic rings. The van der Waals surface area contributed by atoms with Gasteiger partial charge in [-0.3, -0.25) is 14.9 Å². The molecule has 6 nitrogen and oxygen atoms in total. The van der Waals surface area contributed by atoms with E-state index in [0.29, 0.717) is 23.9 Å². The van der Waals surface area contributed by atoms with E-state index in [4.69, 9.17) is 4.74 Å². The van der Waals surface area contributed by atoms with Crippen molar-refractivity contribution in [1.82, 2.24) is 4.57 Å². The third-order valence-corrected chi connectivity index (χ3v) is 3.88. The lowest BCUT2D eigenvalue weighted by Gasteiger charge is -2.13. The van der Waals surface area contributed by atoms with Crippen LogP contribution in [0.5, 0.6) is 5.75 Å². The van der Waals surface area contributed by atoms with Crippen LogP contribution >= 0.6 is 0 Å². The normalized spacial score (nSPS) is 10.8. The van der Waals surface area contributed by atoms with Gasteiger partial charge in [0.15, 0.2) is 5.75 Å². The van der Waals surface area contributed by atoms with Crippen molar-refractivity contribution in [2.75, 3.05) is 0 Å². The van der Waals surface area contributed by atoms with Crippen molar-refractivity contribution in [2.24, 2.45) is 0 Å². The molecule has 0 saturated carbocycles. The third-order valence-electron chi connectivity index (χ3n) is 3.88. The van der Waals surface area contributed by atoms with Crippen LogP contribution in [0, 0.1) is 17.0 Å². The zero-order valence-corrected chi connectivity index (χ0v) is 13.6. The molecule has 0 bridgehead atoms. The lowest BCUT2D eigenvalue weighted by Crippen LogP contribution is -2.22. The number of hydrogen-bond donors (Lipinski definition) is 0. The number of rotatable bonds is 6. The van der Waals surface area contributed by atoms with E-state index in [9.17, 15) is 14.9 Å². The Morgan fingerprint density at radius 2 is 1.88 bits per heavy atom. The summed E-state index contributed by atoms with van der Waals surface area (Å²) in [6.07, 6.45) is 0.486. The van der Waals surface area contributed by atoms with E-state index >= 15 is 0 Å². The number of aryl methyl sites for hydroxylation is 1. The van der Waals surface area contributed by atoms with Gasteiger partial charge >= 0.3 is 0 Å². The van der Waals surface area contributed by atoms with Gasteiger partial charge in [-0.15, -0.1) is 0 Å². The Balaban J connectivity index is 2.04. The molecular weight excluding hydrogens is 320 g/mol. The molecular formula is C19H17N2O4. The van der Waals surface area contributed by atoms with Gasteiger partial charge < -0.3 is 9.30 Å². The van der Waals surface area contributed by atoms with E-state index in [0.717, 1.165) is 5.56 Å². The van der Waals surface area contributed by atoms with Gasteiger partial charge in [0.25, 0.3) is 11.2 Å². The molecule has 0 aliphatic heterocycles. The molecule has 1 heterocycles. The SMILES string of the molecule is [CH2]CCn1c(=O)c(OCc2ccccc2)cc2ccc([N+](=O)[O-])cc21. The molecule has 0 amide bonds. The van der Waals surface area contributed by atoms with Crippen LogP contribution in [-0.4, -0.2) is 9.49 Å². The Hall–Kier alpha value is -3.15. The molecule has 0 N–H and O–H groups in total. The Labute approximate surface area is 144 Å². The van der Waals surface area contributed by atoms with Crippen molar-refractivity contribution >= 4 is 16.6 Å². The lowest BCUT2D eigenvalue weighted by molar-refractivity contribution is -0.384. The number of pyridine rings is 1. The zero-order chi connectivity index (χ0) is 17.8. The molecule has 3 aromatic rings. The van der Waals surface area contributed by atoms with Crippen molar-refractivity contribution in [2.45, 2.75) is 19.6 Å². The highest BCUT2D eigenvalue weighted by atomic mass is 16.6. The summed E-state index contributed by atoms with van der Waals surface area (Å²) in [7, 11) is 0. The second-order valence-electron chi connectivity index (χ2n) is 5.59. The number of ether oxygens (including phenoxy) is 1. The second kappa shape index (κ2) is 7.17. The number of benzene rings is 2. The molecule has 127 valence electrons. The highest BCUT2D eigenvalue weighted by Gasteiger charge is 2.14. The maximum absolute atomic E-state index is 12.7. The predicted octanol–water partition coefficient (Wildman–Crippen LogP) is 3.71. The van der Waals surface area contributed by atoms with Crippen LogP contribution in [-0.2, 0) is 13.2 Å². The van der Waals surface area contributed by atoms with Gasteiger partial charge in [0.05, 0.1) is 10.4 Å². The average molecular weight is 337 g/mol. The maximum Gasteiger partial charge on any atom is 0.293 e. The van der Waals surface area contributed by atoms with Crippen LogP contribution in [0.1, 0.15) is 12.0 Å². The average Bonchev–Trinajstić information content (AvgIpc) is 2.63. The largest absolute Gasteiger partial charge is 0.483 e. The second-order valence-corrected chi connectivity index (χ2v) is 5.59. The number of nitro benzene ring substituents is 1. The van der Waals surface area contributed by atoms with Crippen molar-refractivity contribution in [1.29, 1.82) is 0 Å². The van der Waals surface area contributed by atoms with E-state index < -0.39 is 4.92 Å². The van der Waals surface area contributed by atoms with E-state index in [2.05, 4.69) is 6.92 Å². The maximum atomic E-state index is 12.7. The Morgan fingerprint density at radius 3 is 2.56 bits per heavy atom. The summed E-state index contributed by atoms with van der Waals surface area (Å²) in [5.74, 6) is 0.221. The predicted molar refractivity (Wildman–Crippen MR) is 95.6 cm³/mol. The minimum atomic E-state index is -0.474. The van der Waals surface area contributed by atoms with Crippen LogP contribution in [0.2, 0.25) is 0 Å². The van der Waals surface area contributed by atoms with E-state index in [1.165, 1.54) is 16.7 Å². The number of non-ortho nitro benzene ring substituents is 1. The summed E-state index contributed by atoms with van der Waals surface area (Å²) in [5, 5.41) is 11.7. The Kier molecular flexibility index (Phi) is 4.79. The first-order valence-electron chi connectivity index (χ1n) is 7.88. The summed E-state index contributed by atoms with van der Waals surface area (Å²) >= 11 is 0. The first-order chi connectivity index (χ1) is 12.1. The van der Waals surface area contributed by atoms with Crippen LogP contribution in [0.4, 0.5) is 5.69 Å². The molecule has 6 heteroatoms. The minimum absolute atomic E-state index is 0.0531. The van der Waals surface area contributed by atoms with Gasteiger partial charge in [0.2, 0.25) is 0 Å². The van der Waals surface area contributed by atoms with Crippen LogP contribution in [0.15, 0.2) is 59.4 Å². The molecule has 0 spiro atoms. The number of nitro groups is 1. The topological polar surface area (TPSA) is 74.4 Å². The van der Waals surface area contributed by atoms with Crippen molar-refractivity contribution < 1.29 is 9.66 Å². The minimum Gasteiger partial charge on any atom is -0.483 e.